The minimum atomic E-state index is 0.729. The van der Waals surface area contributed by atoms with E-state index < -0.39 is 0 Å². The molecule has 0 saturated heterocycles. The maximum absolute atomic E-state index is 4.72. The third-order valence-corrected chi connectivity index (χ3v) is 5.20. The van der Waals surface area contributed by atoms with Gasteiger partial charge >= 0.3 is 0 Å². The lowest BCUT2D eigenvalue weighted by atomic mass is 9.77. The molecule has 0 aliphatic heterocycles. The van der Waals surface area contributed by atoms with E-state index in [1.165, 1.54) is 62.7 Å². The van der Waals surface area contributed by atoms with Crippen LogP contribution in [0.1, 0.15) is 55.7 Å². The first-order valence-corrected chi connectivity index (χ1v) is 7.98. The molecule has 1 N–H and O–H groups in total. The van der Waals surface area contributed by atoms with Crippen LogP contribution in [0.25, 0.3) is 0 Å². The average Bonchev–Trinajstić information content (AvgIpc) is 2.73. The Hall–Kier alpha value is -0.890. The lowest BCUT2D eigenvalue weighted by Crippen LogP contribution is -2.29. The summed E-state index contributed by atoms with van der Waals surface area (Å²) in [6.07, 6.45) is 11.7. The van der Waals surface area contributed by atoms with E-state index in [1.807, 2.05) is 6.20 Å². The van der Waals surface area contributed by atoms with Crippen LogP contribution in [-0.4, -0.2) is 18.6 Å². The van der Waals surface area contributed by atoms with E-state index >= 15 is 0 Å². The highest BCUT2D eigenvalue weighted by Crippen LogP contribution is 2.44. The van der Waals surface area contributed by atoms with Gasteiger partial charge in [0, 0.05) is 17.8 Å². The monoisotopic (exact) mass is 258 g/mol. The molecule has 2 aliphatic carbocycles. The van der Waals surface area contributed by atoms with Crippen LogP contribution in [0, 0.1) is 11.8 Å². The number of nitrogens with one attached hydrogen (secondary N) is 1. The molecule has 0 amide bonds. The molecule has 1 saturated carbocycles. The van der Waals surface area contributed by atoms with Crippen molar-refractivity contribution in [3.05, 3.63) is 29.6 Å². The van der Waals surface area contributed by atoms with Gasteiger partial charge in [-0.2, -0.15) is 0 Å². The van der Waals surface area contributed by atoms with Gasteiger partial charge in [-0.05, 0) is 62.7 Å². The number of aryl methyl sites for hydroxylation is 1. The van der Waals surface area contributed by atoms with Gasteiger partial charge in [-0.15, -0.1) is 0 Å². The predicted octanol–water partition coefficient (Wildman–Crippen LogP) is 3.53. The summed E-state index contributed by atoms with van der Waals surface area (Å²) in [6, 6.07) is 4.38. The van der Waals surface area contributed by atoms with Crippen molar-refractivity contribution in [3.8, 4) is 0 Å². The second kappa shape index (κ2) is 6.04. The molecule has 19 heavy (non-hydrogen) atoms. The van der Waals surface area contributed by atoms with Gasteiger partial charge in [-0.3, -0.25) is 4.98 Å². The van der Waals surface area contributed by atoms with Crippen LogP contribution in [0.2, 0.25) is 0 Å². The van der Waals surface area contributed by atoms with Crippen LogP contribution >= 0.6 is 0 Å². The number of hydrogen-bond donors (Lipinski definition) is 1. The van der Waals surface area contributed by atoms with Crippen LogP contribution < -0.4 is 5.32 Å². The molecule has 0 radical (unpaired) electrons. The fraction of sp³-hybridized carbons (Fsp3) is 0.706. The highest BCUT2D eigenvalue weighted by molar-refractivity contribution is 5.29. The van der Waals surface area contributed by atoms with E-state index in [2.05, 4.69) is 24.5 Å². The molecule has 3 atom stereocenters. The largest absolute Gasteiger partial charge is 0.319 e. The van der Waals surface area contributed by atoms with E-state index in [1.54, 1.807) is 0 Å². The zero-order chi connectivity index (χ0) is 13.1. The third-order valence-electron chi connectivity index (χ3n) is 5.20. The summed E-state index contributed by atoms with van der Waals surface area (Å²) in [5, 5.41) is 3.42. The predicted molar refractivity (Wildman–Crippen MR) is 79.3 cm³/mol. The maximum Gasteiger partial charge on any atom is 0.0469 e. The molecular weight excluding hydrogens is 232 g/mol. The van der Waals surface area contributed by atoms with Gasteiger partial charge in [0.15, 0.2) is 0 Å². The topological polar surface area (TPSA) is 24.9 Å². The summed E-state index contributed by atoms with van der Waals surface area (Å²) in [6.45, 7) is 1.18. The SMILES string of the molecule is CNCC1CCCCCC1C1CCc2cccnc21. The number of pyridine rings is 1. The number of hydrogen-bond acceptors (Lipinski definition) is 2. The van der Waals surface area contributed by atoms with Gasteiger partial charge in [0.05, 0.1) is 0 Å². The maximum atomic E-state index is 4.72. The molecule has 1 aromatic heterocycles. The smallest absolute Gasteiger partial charge is 0.0469 e. The number of fused-ring (bicyclic) bond motifs is 1. The highest BCUT2D eigenvalue weighted by Gasteiger charge is 2.35. The molecule has 0 bridgehead atoms. The van der Waals surface area contributed by atoms with Crippen molar-refractivity contribution in [2.24, 2.45) is 11.8 Å². The van der Waals surface area contributed by atoms with Crippen LogP contribution in [0.4, 0.5) is 0 Å². The van der Waals surface area contributed by atoms with Crippen molar-refractivity contribution in [2.45, 2.75) is 50.9 Å². The van der Waals surface area contributed by atoms with Gasteiger partial charge in [0.25, 0.3) is 0 Å². The lowest BCUT2D eigenvalue weighted by Gasteiger charge is -2.30. The Morgan fingerprint density at radius 1 is 1.21 bits per heavy atom. The summed E-state index contributed by atoms with van der Waals surface area (Å²) < 4.78 is 0. The first-order valence-electron chi connectivity index (χ1n) is 7.98. The molecule has 1 fully saturated rings. The van der Waals surface area contributed by atoms with E-state index in [4.69, 9.17) is 4.98 Å². The van der Waals surface area contributed by atoms with Crippen LogP contribution in [0.15, 0.2) is 18.3 Å². The molecule has 0 spiro atoms. The summed E-state index contributed by atoms with van der Waals surface area (Å²) in [5.74, 6) is 2.43. The fourth-order valence-electron chi connectivity index (χ4n) is 4.32. The Balaban J connectivity index is 1.83. The molecular formula is C17H26N2. The molecule has 0 aromatic carbocycles. The van der Waals surface area contributed by atoms with Crippen LogP contribution in [-0.2, 0) is 6.42 Å². The van der Waals surface area contributed by atoms with Crippen LogP contribution in [0.5, 0.6) is 0 Å². The zero-order valence-corrected chi connectivity index (χ0v) is 12.1. The number of nitrogens with zero attached hydrogens (tertiary/aromatic N) is 1. The Kier molecular flexibility index (Phi) is 4.17. The molecule has 2 heteroatoms. The van der Waals surface area contributed by atoms with Gasteiger partial charge in [-0.1, -0.05) is 25.3 Å². The normalized spacial score (nSPS) is 30.9. The van der Waals surface area contributed by atoms with Crippen molar-refractivity contribution in [3.63, 3.8) is 0 Å². The van der Waals surface area contributed by atoms with Crippen molar-refractivity contribution in [1.82, 2.24) is 10.3 Å². The molecule has 3 rings (SSSR count). The molecule has 1 heterocycles. The fourth-order valence-corrected chi connectivity index (χ4v) is 4.32. The second-order valence-electron chi connectivity index (χ2n) is 6.31. The standard InChI is InChI=1S/C17H26N2/c1-18-12-14-6-3-2-4-8-15(14)16-10-9-13-7-5-11-19-17(13)16/h5,7,11,14-16,18H,2-4,6,8-10,12H2,1H3. The number of rotatable bonds is 3. The lowest BCUT2D eigenvalue weighted by molar-refractivity contribution is 0.254. The van der Waals surface area contributed by atoms with Gasteiger partial charge in [0.1, 0.15) is 0 Å². The average molecular weight is 258 g/mol. The Morgan fingerprint density at radius 2 is 2.11 bits per heavy atom. The Morgan fingerprint density at radius 3 is 3.00 bits per heavy atom. The summed E-state index contributed by atoms with van der Waals surface area (Å²) in [4.78, 5) is 4.72. The second-order valence-corrected chi connectivity index (χ2v) is 6.31. The first-order chi connectivity index (χ1) is 9.40. The van der Waals surface area contributed by atoms with E-state index in [0.717, 1.165) is 17.8 Å². The van der Waals surface area contributed by atoms with Crippen LogP contribution in [0.3, 0.4) is 0 Å². The third kappa shape index (κ3) is 2.69. The summed E-state index contributed by atoms with van der Waals surface area (Å²) >= 11 is 0. The molecule has 2 aliphatic rings. The van der Waals surface area contributed by atoms with Gasteiger partial charge in [-0.25, -0.2) is 0 Å². The zero-order valence-electron chi connectivity index (χ0n) is 12.1. The molecule has 104 valence electrons. The van der Waals surface area contributed by atoms with Crippen molar-refractivity contribution in [1.29, 1.82) is 0 Å². The summed E-state index contributed by atoms with van der Waals surface area (Å²) in [7, 11) is 2.10. The minimum absolute atomic E-state index is 0.729. The van der Waals surface area contributed by atoms with Crippen molar-refractivity contribution < 1.29 is 0 Å². The quantitative estimate of drug-likeness (QED) is 0.839. The highest BCUT2D eigenvalue weighted by atomic mass is 14.8. The number of aromatic nitrogens is 1. The molecule has 2 nitrogen and oxygen atoms in total. The molecule has 3 unspecified atom stereocenters. The van der Waals surface area contributed by atoms with E-state index in [0.29, 0.717) is 0 Å². The van der Waals surface area contributed by atoms with Gasteiger partial charge in [0.2, 0.25) is 0 Å². The van der Waals surface area contributed by atoms with Gasteiger partial charge < -0.3 is 5.32 Å². The van der Waals surface area contributed by atoms with Crippen molar-refractivity contribution >= 4 is 0 Å². The van der Waals surface area contributed by atoms with E-state index in [-0.39, 0.29) is 0 Å². The minimum Gasteiger partial charge on any atom is -0.319 e. The molecule has 1 aromatic rings. The first kappa shape index (κ1) is 13.1. The Labute approximate surface area is 117 Å². The summed E-state index contributed by atoms with van der Waals surface area (Å²) in [5.41, 5.74) is 2.94. The van der Waals surface area contributed by atoms with E-state index in [9.17, 15) is 0 Å². The Bertz CT molecular complexity index is 415. The van der Waals surface area contributed by atoms with Crippen molar-refractivity contribution in [2.75, 3.05) is 13.6 Å².